The highest BCUT2D eigenvalue weighted by molar-refractivity contribution is 5.71. The average molecular weight is 457 g/mol. The molecule has 0 unspecified atom stereocenters. The molecule has 0 radical (unpaired) electrons. The molecule has 0 N–H and O–H groups in total. The Morgan fingerprint density at radius 1 is 1.06 bits per heavy atom. The third-order valence-corrected chi connectivity index (χ3v) is 5.61. The maximum Gasteiger partial charge on any atom is 0.276 e. The van der Waals surface area contributed by atoms with Crippen molar-refractivity contribution < 1.29 is 13.9 Å². The lowest BCUT2D eigenvalue weighted by molar-refractivity contribution is 0.340. The van der Waals surface area contributed by atoms with E-state index in [1.807, 2.05) is 62.4 Å². The number of nitrogens with zero attached hydrogens (tertiary/aromatic N) is 4. The molecule has 0 bridgehead atoms. The summed E-state index contributed by atoms with van der Waals surface area (Å²) >= 11 is 0. The van der Waals surface area contributed by atoms with Crippen LogP contribution in [0.15, 0.2) is 76.2 Å². The van der Waals surface area contributed by atoms with Crippen LogP contribution in [0.2, 0.25) is 0 Å². The van der Waals surface area contributed by atoms with Crippen molar-refractivity contribution in [3.05, 3.63) is 88.8 Å². The Kier molecular flexibility index (Phi) is 5.63. The third kappa shape index (κ3) is 3.94. The number of ether oxygens (including phenoxy) is 2. The van der Waals surface area contributed by atoms with Crippen LogP contribution >= 0.6 is 0 Å². The summed E-state index contributed by atoms with van der Waals surface area (Å²) in [6.45, 7) is 4.69. The molecular formula is C26H24N4O4. The second-order valence-corrected chi connectivity index (χ2v) is 7.77. The summed E-state index contributed by atoms with van der Waals surface area (Å²) < 4.78 is 20.0. The van der Waals surface area contributed by atoms with E-state index in [1.54, 1.807) is 34.7 Å². The molecule has 3 aromatic heterocycles. The number of aromatic nitrogens is 4. The predicted octanol–water partition coefficient (Wildman–Crippen LogP) is 4.58. The second-order valence-electron chi connectivity index (χ2n) is 7.77. The van der Waals surface area contributed by atoms with E-state index in [0.29, 0.717) is 40.9 Å². The monoisotopic (exact) mass is 456 g/mol. The van der Waals surface area contributed by atoms with Crippen LogP contribution < -0.4 is 15.0 Å². The predicted molar refractivity (Wildman–Crippen MR) is 128 cm³/mol. The molecule has 8 nitrogen and oxygen atoms in total. The molecule has 34 heavy (non-hydrogen) atoms. The molecule has 2 aromatic carbocycles. The Hall–Kier alpha value is -4.33. The SMILES string of the molecule is CCOc1ccc(-c2nc(Cn3ccn4nc(-c5ccccc5OC)cc4c3=O)c(C)o2)cc1. The molecule has 5 rings (SSSR count). The molecule has 8 heteroatoms. The lowest BCUT2D eigenvalue weighted by atomic mass is 10.1. The molecule has 0 saturated carbocycles. The summed E-state index contributed by atoms with van der Waals surface area (Å²) in [5.74, 6) is 2.67. The number of para-hydroxylation sites is 1. The summed E-state index contributed by atoms with van der Waals surface area (Å²) in [5, 5.41) is 4.56. The number of oxazole rings is 1. The molecule has 0 aliphatic carbocycles. The molecular weight excluding hydrogens is 432 g/mol. The molecule has 0 aliphatic rings. The van der Waals surface area contributed by atoms with Crippen molar-refractivity contribution in [2.24, 2.45) is 0 Å². The highest BCUT2D eigenvalue weighted by Crippen LogP contribution is 2.29. The Labute approximate surface area is 196 Å². The fourth-order valence-electron chi connectivity index (χ4n) is 3.86. The van der Waals surface area contributed by atoms with E-state index in [9.17, 15) is 4.79 Å². The highest BCUT2D eigenvalue weighted by Gasteiger charge is 2.16. The van der Waals surface area contributed by atoms with Crippen molar-refractivity contribution in [3.8, 4) is 34.2 Å². The minimum atomic E-state index is -0.166. The van der Waals surface area contributed by atoms with E-state index >= 15 is 0 Å². The Balaban J connectivity index is 1.45. The smallest absolute Gasteiger partial charge is 0.276 e. The van der Waals surface area contributed by atoms with E-state index in [1.165, 1.54) is 0 Å². The lowest BCUT2D eigenvalue weighted by Gasteiger charge is -2.04. The van der Waals surface area contributed by atoms with Gasteiger partial charge >= 0.3 is 0 Å². The largest absolute Gasteiger partial charge is 0.496 e. The summed E-state index contributed by atoms with van der Waals surface area (Å²) in [7, 11) is 1.61. The molecule has 0 atom stereocenters. The van der Waals surface area contributed by atoms with Crippen molar-refractivity contribution in [2.45, 2.75) is 20.4 Å². The van der Waals surface area contributed by atoms with Crippen LogP contribution in [-0.4, -0.2) is 32.9 Å². The van der Waals surface area contributed by atoms with E-state index in [2.05, 4.69) is 10.1 Å². The Morgan fingerprint density at radius 2 is 1.85 bits per heavy atom. The van der Waals surface area contributed by atoms with Crippen molar-refractivity contribution in [3.63, 3.8) is 0 Å². The standard InChI is InChI=1S/C26H24N4O4/c1-4-33-19-11-9-18(10-12-19)25-27-22(17(2)34-25)16-29-13-14-30-23(26(29)31)15-21(28-30)20-7-5-6-8-24(20)32-3/h5-15H,4,16H2,1-3H3. The van der Waals surface area contributed by atoms with Crippen LogP contribution in [0.5, 0.6) is 11.5 Å². The molecule has 3 heterocycles. The van der Waals surface area contributed by atoms with Crippen LogP contribution in [0.1, 0.15) is 18.4 Å². The van der Waals surface area contributed by atoms with Crippen LogP contribution in [0, 0.1) is 6.92 Å². The van der Waals surface area contributed by atoms with Crippen molar-refractivity contribution in [2.75, 3.05) is 13.7 Å². The minimum Gasteiger partial charge on any atom is -0.496 e. The fraction of sp³-hybridized carbons (Fsp3) is 0.192. The normalized spacial score (nSPS) is 11.1. The van der Waals surface area contributed by atoms with Crippen molar-refractivity contribution >= 4 is 5.52 Å². The van der Waals surface area contributed by atoms with Gasteiger partial charge in [0, 0.05) is 23.5 Å². The van der Waals surface area contributed by atoms with Gasteiger partial charge in [0.2, 0.25) is 5.89 Å². The van der Waals surface area contributed by atoms with Gasteiger partial charge in [-0.3, -0.25) is 4.79 Å². The van der Waals surface area contributed by atoms with Gasteiger partial charge in [-0.25, -0.2) is 9.50 Å². The zero-order valence-corrected chi connectivity index (χ0v) is 19.2. The number of aryl methyl sites for hydroxylation is 1. The molecule has 0 aliphatic heterocycles. The van der Waals surface area contributed by atoms with Crippen LogP contribution in [0.4, 0.5) is 0 Å². The van der Waals surface area contributed by atoms with Crippen LogP contribution in [0.3, 0.4) is 0 Å². The Bertz CT molecular complexity index is 1510. The molecule has 0 saturated heterocycles. The van der Waals surface area contributed by atoms with Crippen LogP contribution in [0.25, 0.3) is 28.2 Å². The highest BCUT2D eigenvalue weighted by atomic mass is 16.5. The zero-order valence-electron chi connectivity index (χ0n) is 19.2. The van der Waals surface area contributed by atoms with Gasteiger partial charge in [-0.2, -0.15) is 5.10 Å². The first-order valence-corrected chi connectivity index (χ1v) is 11.0. The van der Waals surface area contributed by atoms with Crippen molar-refractivity contribution in [1.29, 1.82) is 0 Å². The maximum atomic E-state index is 13.2. The van der Waals surface area contributed by atoms with Gasteiger partial charge in [0.15, 0.2) is 0 Å². The van der Waals surface area contributed by atoms with Gasteiger partial charge in [0.1, 0.15) is 28.5 Å². The first-order valence-electron chi connectivity index (χ1n) is 11.0. The summed E-state index contributed by atoms with van der Waals surface area (Å²) in [6, 6.07) is 17.0. The summed E-state index contributed by atoms with van der Waals surface area (Å²) in [5.41, 5.74) is 3.34. The van der Waals surface area contributed by atoms with E-state index in [4.69, 9.17) is 13.9 Å². The summed E-state index contributed by atoms with van der Waals surface area (Å²) in [6.07, 6.45) is 3.47. The van der Waals surface area contributed by atoms with Gasteiger partial charge in [-0.05, 0) is 56.3 Å². The molecule has 172 valence electrons. The van der Waals surface area contributed by atoms with E-state index in [-0.39, 0.29) is 12.1 Å². The maximum absolute atomic E-state index is 13.2. The second kappa shape index (κ2) is 8.90. The molecule has 0 amide bonds. The summed E-state index contributed by atoms with van der Waals surface area (Å²) in [4.78, 5) is 17.9. The lowest BCUT2D eigenvalue weighted by Crippen LogP contribution is -2.22. The molecule has 0 fully saturated rings. The van der Waals surface area contributed by atoms with Crippen molar-refractivity contribution in [1.82, 2.24) is 19.2 Å². The van der Waals surface area contributed by atoms with Gasteiger partial charge < -0.3 is 18.5 Å². The van der Waals surface area contributed by atoms with Crippen LogP contribution in [-0.2, 0) is 6.54 Å². The first-order chi connectivity index (χ1) is 16.6. The topological polar surface area (TPSA) is 83.8 Å². The third-order valence-electron chi connectivity index (χ3n) is 5.61. The number of benzene rings is 2. The number of methoxy groups -OCH3 is 1. The zero-order chi connectivity index (χ0) is 23.7. The minimum absolute atomic E-state index is 0.166. The van der Waals surface area contributed by atoms with Gasteiger partial charge in [-0.15, -0.1) is 0 Å². The number of hydrogen-bond acceptors (Lipinski definition) is 6. The number of fused-ring (bicyclic) bond motifs is 1. The fourth-order valence-corrected chi connectivity index (χ4v) is 3.86. The number of hydrogen-bond donors (Lipinski definition) is 0. The van der Waals surface area contributed by atoms with E-state index in [0.717, 1.165) is 16.9 Å². The Morgan fingerprint density at radius 3 is 2.62 bits per heavy atom. The van der Waals surface area contributed by atoms with Gasteiger partial charge in [0.05, 0.1) is 26.0 Å². The van der Waals surface area contributed by atoms with Gasteiger partial charge in [-0.1, -0.05) is 12.1 Å². The first kappa shape index (κ1) is 21.5. The molecule has 0 spiro atoms. The average Bonchev–Trinajstić information content (AvgIpc) is 3.46. The van der Waals surface area contributed by atoms with Gasteiger partial charge in [0.25, 0.3) is 5.56 Å². The van der Waals surface area contributed by atoms with E-state index < -0.39 is 0 Å². The quantitative estimate of drug-likeness (QED) is 0.356. The number of rotatable bonds is 7. The molecule has 5 aromatic rings.